The summed E-state index contributed by atoms with van der Waals surface area (Å²) in [6.07, 6.45) is 3.82. The number of pyridine rings is 2. The lowest BCUT2D eigenvalue weighted by atomic mass is 10.0. The van der Waals surface area contributed by atoms with Crippen LogP contribution in [0.15, 0.2) is 70.7 Å². The van der Waals surface area contributed by atoms with Crippen molar-refractivity contribution in [3.8, 4) is 0 Å². The van der Waals surface area contributed by atoms with Gasteiger partial charge in [-0.25, -0.2) is 0 Å². The zero-order chi connectivity index (χ0) is 19.0. The van der Waals surface area contributed by atoms with Gasteiger partial charge in [0.2, 0.25) is 0 Å². The minimum Gasteiger partial charge on any atom is -0.256 e. The topological polar surface area (TPSA) is 25.8 Å². The Labute approximate surface area is 165 Å². The van der Waals surface area contributed by atoms with Crippen molar-refractivity contribution in [2.75, 3.05) is 0 Å². The van der Waals surface area contributed by atoms with Crippen LogP contribution in [0.3, 0.4) is 0 Å². The van der Waals surface area contributed by atoms with E-state index in [1.807, 2.05) is 12.4 Å². The summed E-state index contributed by atoms with van der Waals surface area (Å²) in [4.78, 5) is 11.7. The van der Waals surface area contributed by atoms with E-state index in [2.05, 4.69) is 86.2 Å². The van der Waals surface area contributed by atoms with Gasteiger partial charge in [-0.2, -0.15) is 0 Å². The molecule has 136 valence electrons. The van der Waals surface area contributed by atoms with Gasteiger partial charge < -0.3 is 0 Å². The van der Waals surface area contributed by atoms with Crippen LogP contribution in [0.25, 0.3) is 21.8 Å². The third-order valence-electron chi connectivity index (χ3n) is 5.01. The molecule has 0 saturated carbocycles. The molecule has 0 spiro atoms. The fourth-order valence-corrected chi connectivity index (χ4v) is 4.35. The molecule has 0 atom stereocenters. The van der Waals surface area contributed by atoms with Gasteiger partial charge in [0.25, 0.3) is 0 Å². The maximum absolute atomic E-state index is 4.59. The first-order chi connectivity index (χ1) is 13.0. The van der Waals surface area contributed by atoms with Gasteiger partial charge in [-0.3, -0.25) is 9.97 Å². The molecular weight excluding hydrogens is 348 g/mol. The molecule has 2 aromatic heterocycles. The Balaban J connectivity index is 1.78. The summed E-state index contributed by atoms with van der Waals surface area (Å²) in [5, 5.41) is 2.41. The molecule has 4 aromatic rings. The molecule has 0 unspecified atom stereocenters. The molecule has 0 radical (unpaired) electrons. The SMILES string of the molecule is CC(C)c1ccc2c(Sc3ccnc4cc(C(C)C)ccc34)ccnc2c1. The van der Waals surface area contributed by atoms with Crippen molar-refractivity contribution < 1.29 is 0 Å². The van der Waals surface area contributed by atoms with Crippen LogP contribution in [-0.4, -0.2) is 9.97 Å². The van der Waals surface area contributed by atoms with E-state index in [4.69, 9.17) is 0 Å². The fourth-order valence-electron chi connectivity index (χ4n) is 3.29. The Morgan fingerprint density at radius 2 is 1.07 bits per heavy atom. The van der Waals surface area contributed by atoms with Gasteiger partial charge in [-0.1, -0.05) is 63.7 Å². The highest BCUT2D eigenvalue weighted by Gasteiger charge is 2.10. The molecule has 2 heterocycles. The van der Waals surface area contributed by atoms with Gasteiger partial charge in [0, 0.05) is 33.0 Å². The molecule has 4 rings (SSSR count). The molecule has 0 amide bonds. The Bertz CT molecular complexity index is 1030. The molecule has 0 fully saturated rings. The number of rotatable bonds is 4. The Kier molecular flexibility index (Phi) is 4.88. The monoisotopic (exact) mass is 372 g/mol. The van der Waals surface area contributed by atoms with Gasteiger partial charge in [-0.15, -0.1) is 0 Å². The van der Waals surface area contributed by atoms with E-state index in [0.717, 1.165) is 11.0 Å². The fraction of sp³-hybridized carbons (Fsp3) is 0.250. The number of hydrogen-bond donors (Lipinski definition) is 0. The summed E-state index contributed by atoms with van der Waals surface area (Å²) in [5.41, 5.74) is 4.78. The largest absolute Gasteiger partial charge is 0.256 e. The van der Waals surface area contributed by atoms with Crippen LogP contribution in [0.5, 0.6) is 0 Å². The van der Waals surface area contributed by atoms with Crippen molar-refractivity contribution in [1.29, 1.82) is 0 Å². The van der Waals surface area contributed by atoms with Crippen molar-refractivity contribution >= 4 is 33.6 Å². The van der Waals surface area contributed by atoms with Gasteiger partial charge in [0.1, 0.15) is 0 Å². The normalized spacial score (nSPS) is 11.8. The van der Waals surface area contributed by atoms with E-state index in [-0.39, 0.29) is 0 Å². The van der Waals surface area contributed by atoms with Crippen LogP contribution in [0, 0.1) is 0 Å². The Hall–Kier alpha value is -2.39. The Morgan fingerprint density at radius 3 is 1.48 bits per heavy atom. The molecule has 0 saturated heterocycles. The Morgan fingerprint density at radius 1 is 0.630 bits per heavy atom. The summed E-state index contributed by atoms with van der Waals surface area (Å²) in [5.74, 6) is 1.01. The smallest absolute Gasteiger partial charge is 0.0716 e. The molecule has 0 aliphatic heterocycles. The first-order valence-electron chi connectivity index (χ1n) is 9.48. The highest BCUT2D eigenvalue weighted by molar-refractivity contribution is 7.99. The standard InChI is InChI=1S/C24H24N2S/c1-15(2)17-5-7-19-21(13-17)25-11-9-23(19)27-24-10-12-26-22-14-18(16(3)4)6-8-20(22)24/h5-16H,1-4H3. The van der Waals surface area contributed by atoms with E-state index in [1.165, 1.54) is 31.7 Å². The van der Waals surface area contributed by atoms with Crippen LogP contribution in [0.2, 0.25) is 0 Å². The van der Waals surface area contributed by atoms with Crippen LogP contribution in [-0.2, 0) is 0 Å². The van der Waals surface area contributed by atoms with Crippen molar-refractivity contribution in [1.82, 2.24) is 9.97 Å². The van der Waals surface area contributed by atoms with Crippen molar-refractivity contribution in [3.05, 3.63) is 72.1 Å². The minimum atomic E-state index is 0.506. The summed E-state index contributed by atoms with van der Waals surface area (Å²) >= 11 is 1.80. The van der Waals surface area contributed by atoms with E-state index in [0.29, 0.717) is 11.8 Å². The zero-order valence-electron chi connectivity index (χ0n) is 16.2. The number of nitrogens with zero attached hydrogens (tertiary/aromatic N) is 2. The van der Waals surface area contributed by atoms with Gasteiger partial charge in [0.05, 0.1) is 11.0 Å². The van der Waals surface area contributed by atoms with Crippen LogP contribution >= 0.6 is 11.8 Å². The zero-order valence-corrected chi connectivity index (χ0v) is 17.0. The maximum Gasteiger partial charge on any atom is 0.0716 e. The van der Waals surface area contributed by atoms with Crippen LogP contribution < -0.4 is 0 Å². The molecule has 0 aliphatic carbocycles. The highest BCUT2D eigenvalue weighted by atomic mass is 32.2. The molecule has 2 nitrogen and oxygen atoms in total. The molecule has 0 aliphatic rings. The lowest BCUT2D eigenvalue weighted by molar-refractivity contribution is 0.868. The summed E-state index contributed by atoms with van der Waals surface area (Å²) < 4.78 is 0. The number of hydrogen-bond acceptors (Lipinski definition) is 3. The van der Waals surface area contributed by atoms with Gasteiger partial charge in [-0.05, 0) is 47.2 Å². The highest BCUT2D eigenvalue weighted by Crippen LogP contribution is 2.37. The minimum absolute atomic E-state index is 0.506. The summed E-state index contributed by atoms with van der Waals surface area (Å²) in [6.45, 7) is 8.87. The van der Waals surface area contributed by atoms with E-state index in [1.54, 1.807) is 11.8 Å². The molecule has 0 bridgehead atoms. The molecule has 27 heavy (non-hydrogen) atoms. The van der Waals surface area contributed by atoms with E-state index in [9.17, 15) is 0 Å². The van der Waals surface area contributed by atoms with Gasteiger partial charge in [0.15, 0.2) is 0 Å². The van der Waals surface area contributed by atoms with Gasteiger partial charge >= 0.3 is 0 Å². The third-order valence-corrected chi connectivity index (χ3v) is 6.16. The first kappa shape index (κ1) is 18.0. The lowest BCUT2D eigenvalue weighted by Gasteiger charge is -2.12. The average molecular weight is 373 g/mol. The molecule has 2 aromatic carbocycles. The van der Waals surface area contributed by atoms with Crippen molar-refractivity contribution in [2.24, 2.45) is 0 Å². The molecular formula is C24H24N2S. The predicted octanol–water partition coefficient (Wildman–Crippen LogP) is 7.18. The third kappa shape index (κ3) is 3.57. The second-order valence-electron chi connectivity index (χ2n) is 7.58. The maximum atomic E-state index is 4.59. The van der Waals surface area contributed by atoms with Crippen LogP contribution in [0.1, 0.15) is 50.7 Å². The molecule has 0 N–H and O–H groups in total. The first-order valence-corrected chi connectivity index (χ1v) is 10.3. The van der Waals surface area contributed by atoms with E-state index >= 15 is 0 Å². The summed E-state index contributed by atoms with van der Waals surface area (Å²) in [6, 6.07) is 17.5. The second-order valence-corrected chi connectivity index (χ2v) is 8.67. The number of benzene rings is 2. The lowest BCUT2D eigenvalue weighted by Crippen LogP contribution is -1.91. The van der Waals surface area contributed by atoms with Crippen molar-refractivity contribution in [3.63, 3.8) is 0 Å². The van der Waals surface area contributed by atoms with E-state index < -0.39 is 0 Å². The number of aromatic nitrogens is 2. The average Bonchev–Trinajstić information content (AvgIpc) is 2.67. The van der Waals surface area contributed by atoms with Crippen LogP contribution in [0.4, 0.5) is 0 Å². The summed E-state index contributed by atoms with van der Waals surface area (Å²) in [7, 11) is 0. The molecule has 3 heteroatoms. The quantitative estimate of drug-likeness (QED) is 0.379. The number of fused-ring (bicyclic) bond motifs is 2. The predicted molar refractivity (Wildman–Crippen MR) is 116 cm³/mol. The second kappa shape index (κ2) is 7.32. The van der Waals surface area contributed by atoms with Crippen molar-refractivity contribution in [2.45, 2.75) is 49.3 Å².